The summed E-state index contributed by atoms with van der Waals surface area (Å²) in [5, 5.41) is 3.73. The molecule has 3 aromatic rings. The largest absolute Gasteiger partial charge is 0.513 e. The fraction of sp³-hybridized carbons (Fsp3) is 0.321. The molecule has 0 aliphatic heterocycles. The summed E-state index contributed by atoms with van der Waals surface area (Å²) in [6.45, 7) is 1.93. The number of amides is 1. The number of nitrogens with one attached hydrogen (secondary N) is 1. The number of carbonyl (C=O) groups is 2. The van der Waals surface area contributed by atoms with Gasteiger partial charge < -0.3 is 19.5 Å². The molecule has 36 heavy (non-hydrogen) atoms. The molecule has 1 aliphatic rings. The van der Waals surface area contributed by atoms with Crippen LogP contribution in [0.2, 0.25) is 0 Å². The summed E-state index contributed by atoms with van der Waals surface area (Å²) in [7, 11) is 1.50. The highest BCUT2D eigenvalue weighted by Gasteiger charge is 2.24. The van der Waals surface area contributed by atoms with Gasteiger partial charge in [-0.3, -0.25) is 4.79 Å². The zero-order valence-corrected chi connectivity index (χ0v) is 21.4. The van der Waals surface area contributed by atoms with Gasteiger partial charge in [-0.15, -0.1) is 11.3 Å². The van der Waals surface area contributed by atoms with E-state index in [-0.39, 0.29) is 18.3 Å². The molecule has 4 rings (SSSR count). The molecule has 0 atom stereocenters. The average molecular weight is 507 g/mol. The molecule has 0 spiro atoms. The van der Waals surface area contributed by atoms with E-state index in [1.54, 1.807) is 42.7 Å². The number of ether oxygens (including phenoxy) is 3. The van der Waals surface area contributed by atoms with Crippen molar-refractivity contribution in [2.24, 2.45) is 4.99 Å². The molecule has 1 N–H and O–H groups in total. The highest BCUT2D eigenvalue weighted by atomic mass is 32.1. The Balaban J connectivity index is 1.64. The molecule has 0 bridgehead atoms. The summed E-state index contributed by atoms with van der Waals surface area (Å²) in [6, 6.07) is 14.6. The van der Waals surface area contributed by atoms with Gasteiger partial charge in [-0.2, -0.15) is 0 Å². The van der Waals surface area contributed by atoms with Crippen LogP contribution in [0.3, 0.4) is 0 Å². The summed E-state index contributed by atoms with van der Waals surface area (Å²) in [4.78, 5) is 31.1. The van der Waals surface area contributed by atoms with E-state index in [2.05, 4.69) is 5.32 Å². The van der Waals surface area contributed by atoms with Gasteiger partial charge in [0.2, 0.25) is 0 Å². The summed E-state index contributed by atoms with van der Waals surface area (Å²) >= 11 is 1.59. The molecular weight excluding hydrogens is 476 g/mol. The first-order chi connectivity index (χ1) is 17.6. The standard InChI is InChI=1S/C28H30N2O5S/c1-3-34-28(32)35-22-16-15-19(17-23(22)33-2)18-29-27-25(26(31)30-20-11-7-6-8-12-20)21-13-9-4-5-10-14-24(21)36-27/h6-8,11-12,15-18H,3-5,9-10,13-14H2,1-2H3,(H,30,31). The quantitative estimate of drug-likeness (QED) is 0.213. The molecule has 8 heteroatoms. The Hall–Kier alpha value is -3.65. The van der Waals surface area contributed by atoms with Crippen molar-refractivity contribution in [2.75, 3.05) is 19.0 Å². The van der Waals surface area contributed by atoms with Gasteiger partial charge in [-0.1, -0.05) is 31.0 Å². The monoisotopic (exact) mass is 506 g/mol. The number of hydrogen-bond acceptors (Lipinski definition) is 7. The molecule has 7 nitrogen and oxygen atoms in total. The lowest BCUT2D eigenvalue weighted by Crippen LogP contribution is -2.14. The number of hydrogen-bond donors (Lipinski definition) is 1. The van der Waals surface area contributed by atoms with Gasteiger partial charge in [0.05, 0.1) is 19.3 Å². The minimum absolute atomic E-state index is 0.137. The molecule has 0 fully saturated rings. The summed E-state index contributed by atoms with van der Waals surface area (Å²) in [5.74, 6) is 0.504. The maximum absolute atomic E-state index is 13.4. The second-order valence-electron chi connectivity index (χ2n) is 8.37. The highest BCUT2D eigenvalue weighted by molar-refractivity contribution is 7.16. The first kappa shape index (κ1) is 25.4. The number of para-hydroxylation sites is 1. The van der Waals surface area contributed by atoms with E-state index in [1.807, 2.05) is 30.3 Å². The van der Waals surface area contributed by atoms with Gasteiger partial charge in [0.1, 0.15) is 5.00 Å². The number of benzene rings is 2. The number of rotatable bonds is 7. The van der Waals surface area contributed by atoms with Crippen LogP contribution < -0.4 is 14.8 Å². The Morgan fingerprint density at radius 2 is 1.81 bits per heavy atom. The van der Waals surface area contributed by atoms with Gasteiger partial charge >= 0.3 is 6.16 Å². The molecule has 0 unspecified atom stereocenters. The molecule has 2 aromatic carbocycles. The van der Waals surface area contributed by atoms with Crippen molar-refractivity contribution in [1.82, 2.24) is 0 Å². The maximum atomic E-state index is 13.4. The van der Waals surface area contributed by atoms with Gasteiger partial charge in [0.25, 0.3) is 5.91 Å². The van der Waals surface area contributed by atoms with E-state index in [4.69, 9.17) is 19.2 Å². The lowest BCUT2D eigenvalue weighted by atomic mass is 9.96. The summed E-state index contributed by atoms with van der Waals surface area (Å²) in [6.07, 6.45) is 7.33. The van der Waals surface area contributed by atoms with Crippen LogP contribution in [0.5, 0.6) is 11.5 Å². The zero-order valence-electron chi connectivity index (χ0n) is 20.5. The zero-order chi connectivity index (χ0) is 25.3. The fourth-order valence-electron chi connectivity index (χ4n) is 4.16. The van der Waals surface area contributed by atoms with Crippen LogP contribution in [-0.2, 0) is 17.6 Å². The smallest absolute Gasteiger partial charge is 0.493 e. The Kier molecular flexibility index (Phi) is 8.73. The number of methoxy groups -OCH3 is 1. The molecule has 0 radical (unpaired) electrons. The third-order valence-corrected chi connectivity index (χ3v) is 7.09. The van der Waals surface area contributed by atoms with E-state index in [0.717, 1.165) is 42.5 Å². The van der Waals surface area contributed by atoms with E-state index >= 15 is 0 Å². The Morgan fingerprint density at radius 1 is 1.03 bits per heavy atom. The maximum Gasteiger partial charge on any atom is 0.513 e. The van der Waals surface area contributed by atoms with Crippen molar-refractivity contribution in [3.05, 3.63) is 70.1 Å². The topological polar surface area (TPSA) is 86.2 Å². The number of anilines is 1. The van der Waals surface area contributed by atoms with E-state index in [9.17, 15) is 9.59 Å². The fourth-order valence-corrected chi connectivity index (χ4v) is 5.39. The van der Waals surface area contributed by atoms with Crippen LogP contribution in [0.25, 0.3) is 0 Å². The molecular formula is C28H30N2O5S. The minimum Gasteiger partial charge on any atom is -0.493 e. The van der Waals surface area contributed by atoms with Crippen molar-refractivity contribution in [3.63, 3.8) is 0 Å². The molecule has 1 aliphatic carbocycles. The normalized spacial score (nSPS) is 13.4. The molecule has 1 heterocycles. The Morgan fingerprint density at radius 3 is 2.56 bits per heavy atom. The van der Waals surface area contributed by atoms with Crippen LogP contribution in [0.15, 0.2) is 53.5 Å². The lowest BCUT2D eigenvalue weighted by Gasteiger charge is -2.12. The van der Waals surface area contributed by atoms with Crippen LogP contribution in [-0.4, -0.2) is 32.0 Å². The number of carbonyl (C=O) groups excluding carboxylic acids is 2. The van der Waals surface area contributed by atoms with Crippen molar-refractivity contribution in [3.8, 4) is 11.5 Å². The molecule has 0 saturated carbocycles. The number of aliphatic imine (C=N–C) groups is 1. The number of fused-ring (bicyclic) bond motifs is 1. The SMILES string of the molecule is CCOC(=O)Oc1ccc(C=Nc2sc3c(c2C(=O)Nc2ccccc2)CCCCCC3)cc1OC. The van der Waals surface area contributed by atoms with Crippen LogP contribution in [0, 0.1) is 0 Å². The number of nitrogens with zero attached hydrogens (tertiary/aromatic N) is 1. The predicted molar refractivity (Wildman–Crippen MR) is 142 cm³/mol. The first-order valence-corrected chi connectivity index (χ1v) is 13.0. The Labute approximate surface area is 215 Å². The van der Waals surface area contributed by atoms with Crippen LogP contribution in [0.4, 0.5) is 15.5 Å². The number of thiophene rings is 1. The van der Waals surface area contributed by atoms with E-state index in [0.29, 0.717) is 16.3 Å². The third-order valence-electron chi connectivity index (χ3n) is 5.89. The van der Waals surface area contributed by atoms with Gasteiger partial charge in [-0.05, 0) is 74.1 Å². The third kappa shape index (κ3) is 6.31. The summed E-state index contributed by atoms with van der Waals surface area (Å²) in [5.41, 5.74) is 3.28. The minimum atomic E-state index is -0.790. The lowest BCUT2D eigenvalue weighted by molar-refractivity contribution is 0.102. The molecule has 188 valence electrons. The van der Waals surface area contributed by atoms with Gasteiger partial charge in [0.15, 0.2) is 11.5 Å². The number of aryl methyl sites for hydroxylation is 1. The van der Waals surface area contributed by atoms with Crippen molar-refractivity contribution < 1.29 is 23.8 Å². The highest BCUT2D eigenvalue weighted by Crippen LogP contribution is 2.39. The van der Waals surface area contributed by atoms with Crippen LogP contribution in [0.1, 0.15) is 59.0 Å². The van der Waals surface area contributed by atoms with E-state index < -0.39 is 6.16 Å². The van der Waals surface area contributed by atoms with Crippen molar-refractivity contribution >= 4 is 40.3 Å². The van der Waals surface area contributed by atoms with Gasteiger partial charge in [-0.25, -0.2) is 9.79 Å². The molecule has 1 aromatic heterocycles. The first-order valence-electron chi connectivity index (χ1n) is 12.2. The Bertz CT molecular complexity index is 1240. The van der Waals surface area contributed by atoms with Crippen LogP contribution >= 0.6 is 11.3 Å². The van der Waals surface area contributed by atoms with Gasteiger partial charge in [0, 0.05) is 16.8 Å². The average Bonchev–Trinajstić information content (AvgIpc) is 3.20. The predicted octanol–water partition coefficient (Wildman–Crippen LogP) is 6.95. The second kappa shape index (κ2) is 12.4. The van der Waals surface area contributed by atoms with E-state index in [1.165, 1.54) is 24.8 Å². The molecule has 1 amide bonds. The van der Waals surface area contributed by atoms with Crippen molar-refractivity contribution in [1.29, 1.82) is 0 Å². The summed E-state index contributed by atoms with van der Waals surface area (Å²) < 4.78 is 15.4. The second-order valence-corrected chi connectivity index (χ2v) is 9.46. The van der Waals surface area contributed by atoms with Crippen molar-refractivity contribution in [2.45, 2.75) is 45.4 Å². The molecule has 0 saturated heterocycles.